The maximum Gasteiger partial charge on any atom is 0.325 e. The van der Waals surface area contributed by atoms with Gasteiger partial charge in [0, 0.05) is 13.1 Å². The molecular formula is C23H25N3O3. The summed E-state index contributed by atoms with van der Waals surface area (Å²) in [5.74, 6) is -0.128. The predicted octanol–water partition coefficient (Wildman–Crippen LogP) is 2.86. The highest BCUT2D eigenvalue weighted by atomic mass is 16.2. The first kappa shape index (κ1) is 19.2. The van der Waals surface area contributed by atoms with E-state index in [0.29, 0.717) is 24.6 Å². The number of piperidine rings is 1. The lowest BCUT2D eigenvalue weighted by Crippen LogP contribution is -2.46. The first-order valence-electron chi connectivity index (χ1n) is 10.0. The number of imide groups is 1. The molecule has 4 amide bonds. The molecule has 0 bridgehead atoms. The molecule has 2 fully saturated rings. The Morgan fingerprint density at radius 1 is 1.00 bits per heavy atom. The molecule has 2 aromatic rings. The van der Waals surface area contributed by atoms with E-state index in [-0.39, 0.29) is 18.4 Å². The average molecular weight is 391 g/mol. The Labute approximate surface area is 170 Å². The molecular weight excluding hydrogens is 366 g/mol. The highest BCUT2D eigenvalue weighted by Crippen LogP contribution is 2.30. The van der Waals surface area contributed by atoms with Gasteiger partial charge in [0.2, 0.25) is 5.91 Å². The Morgan fingerprint density at radius 2 is 1.59 bits per heavy atom. The molecule has 6 heteroatoms. The zero-order valence-corrected chi connectivity index (χ0v) is 16.5. The van der Waals surface area contributed by atoms with Crippen LogP contribution in [0.15, 0.2) is 60.7 Å². The summed E-state index contributed by atoms with van der Waals surface area (Å²) < 4.78 is 0. The van der Waals surface area contributed by atoms with E-state index in [1.165, 1.54) is 5.56 Å². The van der Waals surface area contributed by atoms with Crippen LogP contribution in [0.5, 0.6) is 0 Å². The molecule has 0 spiro atoms. The van der Waals surface area contributed by atoms with Crippen molar-refractivity contribution in [1.29, 1.82) is 0 Å². The van der Waals surface area contributed by atoms with Crippen LogP contribution in [0.3, 0.4) is 0 Å². The summed E-state index contributed by atoms with van der Waals surface area (Å²) in [7, 11) is 0. The van der Waals surface area contributed by atoms with Crippen LogP contribution in [-0.2, 0) is 15.1 Å². The first-order valence-corrected chi connectivity index (χ1v) is 10.0. The van der Waals surface area contributed by atoms with Crippen molar-refractivity contribution in [2.45, 2.75) is 31.2 Å². The van der Waals surface area contributed by atoms with Crippen molar-refractivity contribution in [1.82, 2.24) is 15.1 Å². The SMILES string of the molecule is CC1(c2ccccc2)NC(=O)N(CC(=O)N2CCC(c3ccccc3)CC2)C1=O. The Hall–Kier alpha value is -3.15. The summed E-state index contributed by atoms with van der Waals surface area (Å²) in [5.41, 5.74) is 0.864. The van der Waals surface area contributed by atoms with Gasteiger partial charge in [0.25, 0.3) is 5.91 Å². The van der Waals surface area contributed by atoms with Gasteiger partial charge >= 0.3 is 6.03 Å². The standard InChI is InChI=1S/C23H25N3O3/c1-23(19-10-6-3-7-11-19)21(28)26(22(29)24-23)16-20(27)25-14-12-18(13-15-25)17-8-4-2-5-9-17/h2-11,18H,12-16H2,1H3,(H,24,29). The minimum atomic E-state index is -1.14. The topological polar surface area (TPSA) is 69.7 Å². The number of hydrogen-bond donors (Lipinski definition) is 1. The van der Waals surface area contributed by atoms with Crippen molar-refractivity contribution in [3.63, 3.8) is 0 Å². The van der Waals surface area contributed by atoms with Crippen LogP contribution in [0.2, 0.25) is 0 Å². The third-order valence-electron chi connectivity index (χ3n) is 6.04. The number of amides is 4. The van der Waals surface area contributed by atoms with Crippen molar-refractivity contribution >= 4 is 17.8 Å². The second kappa shape index (κ2) is 7.70. The van der Waals surface area contributed by atoms with E-state index < -0.39 is 11.6 Å². The molecule has 0 aromatic heterocycles. The summed E-state index contributed by atoms with van der Waals surface area (Å²) >= 11 is 0. The van der Waals surface area contributed by atoms with Gasteiger partial charge in [-0.25, -0.2) is 4.79 Å². The number of urea groups is 1. The minimum Gasteiger partial charge on any atom is -0.341 e. The maximum atomic E-state index is 13.0. The molecule has 1 atom stereocenters. The van der Waals surface area contributed by atoms with Crippen LogP contribution in [0.25, 0.3) is 0 Å². The lowest BCUT2D eigenvalue weighted by Gasteiger charge is -2.33. The second-order valence-electron chi connectivity index (χ2n) is 7.88. The molecule has 0 saturated carbocycles. The molecule has 0 radical (unpaired) electrons. The number of nitrogens with zero attached hydrogens (tertiary/aromatic N) is 2. The molecule has 2 aromatic carbocycles. The second-order valence-corrected chi connectivity index (χ2v) is 7.88. The largest absolute Gasteiger partial charge is 0.341 e. The number of rotatable bonds is 4. The quantitative estimate of drug-likeness (QED) is 0.815. The molecule has 2 aliphatic heterocycles. The van der Waals surface area contributed by atoms with Crippen molar-refractivity contribution in [2.24, 2.45) is 0 Å². The van der Waals surface area contributed by atoms with Crippen molar-refractivity contribution in [3.05, 3.63) is 71.8 Å². The summed E-state index contributed by atoms with van der Waals surface area (Å²) in [6.45, 7) is 2.73. The zero-order valence-electron chi connectivity index (χ0n) is 16.5. The van der Waals surface area contributed by atoms with Gasteiger partial charge in [0.05, 0.1) is 0 Å². The van der Waals surface area contributed by atoms with E-state index in [1.807, 2.05) is 36.4 Å². The molecule has 2 heterocycles. The van der Waals surface area contributed by atoms with Crippen LogP contribution < -0.4 is 5.32 Å². The van der Waals surface area contributed by atoms with Gasteiger partial charge in [-0.2, -0.15) is 0 Å². The molecule has 4 rings (SSSR count). The average Bonchev–Trinajstić information content (AvgIpc) is 2.99. The number of benzene rings is 2. The van der Waals surface area contributed by atoms with Gasteiger partial charge in [-0.1, -0.05) is 60.7 Å². The van der Waals surface area contributed by atoms with Gasteiger partial charge in [-0.15, -0.1) is 0 Å². The van der Waals surface area contributed by atoms with Crippen LogP contribution in [0.4, 0.5) is 4.79 Å². The molecule has 1 unspecified atom stereocenters. The monoisotopic (exact) mass is 391 g/mol. The number of likely N-dealkylation sites (tertiary alicyclic amines) is 1. The normalized spacial score (nSPS) is 22.7. The molecule has 2 saturated heterocycles. The summed E-state index contributed by atoms with van der Waals surface area (Å²) in [4.78, 5) is 41.0. The van der Waals surface area contributed by atoms with E-state index in [4.69, 9.17) is 0 Å². The van der Waals surface area contributed by atoms with Crippen molar-refractivity contribution in [2.75, 3.05) is 19.6 Å². The van der Waals surface area contributed by atoms with E-state index in [9.17, 15) is 14.4 Å². The van der Waals surface area contributed by atoms with Gasteiger partial charge in [-0.05, 0) is 36.8 Å². The third-order valence-corrected chi connectivity index (χ3v) is 6.04. The number of carbonyl (C=O) groups excluding carboxylic acids is 3. The smallest absolute Gasteiger partial charge is 0.325 e. The summed E-state index contributed by atoms with van der Waals surface area (Å²) in [6, 6.07) is 18.9. The fourth-order valence-electron chi connectivity index (χ4n) is 4.23. The molecule has 0 aliphatic carbocycles. The lowest BCUT2D eigenvalue weighted by molar-refractivity contribution is -0.139. The minimum absolute atomic E-state index is 0.183. The Morgan fingerprint density at radius 3 is 2.21 bits per heavy atom. The van der Waals surface area contributed by atoms with E-state index >= 15 is 0 Å². The Kier molecular flexibility index (Phi) is 5.09. The zero-order chi connectivity index (χ0) is 20.4. The van der Waals surface area contributed by atoms with Crippen LogP contribution in [0, 0.1) is 0 Å². The van der Waals surface area contributed by atoms with E-state index in [2.05, 4.69) is 17.4 Å². The molecule has 6 nitrogen and oxygen atoms in total. The summed E-state index contributed by atoms with van der Waals surface area (Å²) in [6.07, 6.45) is 1.77. The van der Waals surface area contributed by atoms with Gasteiger partial charge in [0.1, 0.15) is 12.1 Å². The van der Waals surface area contributed by atoms with Gasteiger partial charge in [0.15, 0.2) is 0 Å². The number of hydrogen-bond acceptors (Lipinski definition) is 3. The highest BCUT2D eigenvalue weighted by molar-refractivity contribution is 6.09. The van der Waals surface area contributed by atoms with Crippen molar-refractivity contribution in [3.8, 4) is 0 Å². The highest BCUT2D eigenvalue weighted by Gasteiger charge is 2.49. The molecule has 2 aliphatic rings. The van der Waals surface area contributed by atoms with Gasteiger partial charge in [-0.3, -0.25) is 14.5 Å². The maximum absolute atomic E-state index is 13.0. The van der Waals surface area contributed by atoms with Crippen LogP contribution >= 0.6 is 0 Å². The molecule has 150 valence electrons. The Balaban J connectivity index is 1.39. The molecule has 29 heavy (non-hydrogen) atoms. The summed E-state index contributed by atoms with van der Waals surface area (Å²) in [5, 5.41) is 2.75. The van der Waals surface area contributed by atoms with E-state index in [0.717, 1.165) is 17.7 Å². The molecule has 1 N–H and O–H groups in total. The van der Waals surface area contributed by atoms with Crippen LogP contribution in [-0.4, -0.2) is 47.3 Å². The van der Waals surface area contributed by atoms with E-state index in [1.54, 1.807) is 24.0 Å². The number of carbonyl (C=O) groups is 3. The third kappa shape index (κ3) is 3.62. The first-order chi connectivity index (χ1) is 14.0. The van der Waals surface area contributed by atoms with Crippen molar-refractivity contribution < 1.29 is 14.4 Å². The van der Waals surface area contributed by atoms with Gasteiger partial charge < -0.3 is 10.2 Å². The van der Waals surface area contributed by atoms with Crippen LogP contribution in [0.1, 0.15) is 36.8 Å². The number of nitrogens with one attached hydrogen (secondary N) is 1. The fourth-order valence-corrected chi connectivity index (χ4v) is 4.23. The Bertz CT molecular complexity index is 907. The fraction of sp³-hybridized carbons (Fsp3) is 0.348. The lowest BCUT2D eigenvalue weighted by atomic mass is 9.89. The predicted molar refractivity (Wildman–Crippen MR) is 109 cm³/mol.